The number of terminal acetylenes is 1. The summed E-state index contributed by atoms with van der Waals surface area (Å²) >= 11 is 3.37. The van der Waals surface area contributed by atoms with Crippen molar-refractivity contribution in [2.24, 2.45) is 0 Å². The van der Waals surface area contributed by atoms with Crippen LogP contribution < -0.4 is 4.74 Å². The monoisotopic (exact) mass is 224 g/mol. The first-order chi connectivity index (χ1) is 5.74. The fourth-order valence-electron chi connectivity index (χ4n) is 0.841. The highest BCUT2D eigenvalue weighted by molar-refractivity contribution is 9.10. The molecule has 0 saturated carbocycles. The zero-order chi connectivity index (χ0) is 8.97. The standard InChI is InChI=1S/C10H9BrO/c1-3-6-12-10-7-8(2)4-5-9(10)11/h1,4-5,7H,6H2,2H3. The smallest absolute Gasteiger partial charge is 0.148 e. The second kappa shape index (κ2) is 4.18. The molecule has 62 valence electrons. The van der Waals surface area contributed by atoms with Crippen molar-refractivity contribution in [1.82, 2.24) is 0 Å². The molecule has 0 heterocycles. The third-order valence-electron chi connectivity index (χ3n) is 1.40. The van der Waals surface area contributed by atoms with E-state index in [4.69, 9.17) is 11.2 Å². The van der Waals surface area contributed by atoms with Gasteiger partial charge in [0.2, 0.25) is 0 Å². The number of halogens is 1. The third kappa shape index (κ3) is 2.28. The van der Waals surface area contributed by atoms with Gasteiger partial charge < -0.3 is 4.74 Å². The first-order valence-corrected chi connectivity index (χ1v) is 4.36. The van der Waals surface area contributed by atoms with Gasteiger partial charge in [0.05, 0.1) is 4.47 Å². The van der Waals surface area contributed by atoms with Crippen molar-refractivity contribution in [2.45, 2.75) is 6.92 Å². The van der Waals surface area contributed by atoms with Gasteiger partial charge >= 0.3 is 0 Å². The van der Waals surface area contributed by atoms with Crippen LogP contribution in [0.2, 0.25) is 0 Å². The van der Waals surface area contributed by atoms with E-state index in [9.17, 15) is 0 Å². The van der Waals surface area contributed by atoms with Crippen LogP contribution in [0.5, 0.6) is 5.75 Å². The Morgan fingerprint density at radius 3 is 3.00 bits per heavy atom. The van der Waals surface area contributed by atoms with Crippen molar-refractivity contribution in [3.05, 3.63) is 28.2 Å². The molecule has 0 aromatic heterocycles. The normalized spacial score (nSPS) is 9.08. The molecule has 0 aliphatic carbocycles. The van der Waals surface area contributed by atoms with Crippen LogP contribution >= 0.6 is 15.9 Å². The molecule has 0 N–H and O–H groups in total. The molecule has 0 atom stereocenters. The second-order valence-corrected chi connectivity index (χ2v) is 3.28. The average molecular weight is 225 g/mol. The van der Waals surface area contributed by atoms with Crippen molar-refractivity contribution < 1.29 is 4.74 Å². The molecule has 2 heteroatoms. The number of hydrogen-bond acceptors (Lipinski definition) is 1. The summed E-state index contributed by atoms with van der Waals surface area (Å²) in [5.41, 5.74) is 1.16. The van der Waals surface area contributed by atoms with E-state index in [2.05, 4.69) is 21.9 Å². The van der Waals surface area contributed by atoms with E-state index in [1.807, 2.05) is 25.1 Å². The quantitative estimate of drug-likeness (QED) is 0.703. The van der Waals surface area contributed by atoms with Gasteiger partial charge in [-0.1, -0.05) is 12.0 Å². The Morgan fingerprint density at radius 2 is 2.33 bits per heavy atom. The molecule has 0 bridgehead atoms. The highest BCUT2D eigenvalue weighted by Gasteiger charge is 1.98. The van der Waals surface area contributed by atoms with Crippen LogP contribution in [-0.2, 0) is 0 Å². The largest absolute Gasteiger partial charge is 0.480 e. The van der Waals surface area contributed by atoms with Crippen molar-refractivity contribution in [1.29, 1.82) is 0 Å². The lowest BCUT2D eigenvalue weighted by atomic mass is 10.2. The first kappa shape index (κ1) is 9.15. The van der Waals surface area contributed by atoms with Crippen LogP contribution in [0.25, 0.3) is 0 Å². The first-order valence-electron chi connectivity index (χ1n) is 3.56. The van der Waals surface area contributed by atoms with E-state index in [1.165, 1.54) is 0 Å². The molecule has 0 unspecified atom stereocenters. The van der Waals surface area contributed by atoms with Gasteiger partial charge in [-0.05, 0) is 40.5 Å². The summed E-state index contributed by atoms with van der Waals surface area (Å²) in [6.07, 6.45) is 5.07. The lowest BCUT2D eigenvalue weighted by Crippen LogP contribution is -1.94. The maximum Gasteiger partial charge on any atom is 0.148 e. The minimum absolute atomic E-state index is 0.308. The molecule has 0 spiro atoms. The molecule has 0 saturated heterocycles. The molecule has 0 aliphatic rings. The maximum atomic E-state index is 5.28. The summed E-state index contributed by atoms with van der Waals surface area (Å²) in [4.78, 5) is 0. The molecular formula is C10H9BrO. The predicted molar refractivity (Wildman–Crippen MR) is 53.2 cm³/mol. The molecule has 0 amide bonds. The van der Waals surface area contributed by atoms with Crippen molar-refractivity contribution in [3.63, 3.8) is 0 Å². The van der Waals surface area contributed by atoms with Gasteiger partial charge in [-0.3, -0.25) is 0 Å². The second-order valence-electron chi connectivity index (χ2n) is 2.43. The highest BCUT2D eigenvalue weighted by atomic mass is 79.9. The highest BCUT2D eigenvalue weighted by Crippen LogP contribution is 2.25. The van der Waals surface area contributed by atoms with Crippen LogP contribution in [-0.4, -0.2) is 6.61 Å². The van der Waals surface area contributed by atoms with Gasteiger partial charge in [0.15, 0.2) is 0 Å². The molecule has 0 aliphatic heterocycles. The minimum atomic E-state index is 0.308. The summed E-state index contributed by atoms with van der Waals surface area (Å²) < 4.78 is 6.22. The summed E-state index contributed by atoms with van der Waals surface area (Å²) in [7, 11) is 0. The van der Waals surface area contributed by atoms with E-state index < -0.39 is 0 Å². The molecule has 1 nitrogen and oxygen atoms in total. The maximum absolute atomic E-state index is 5.28. The Bertz CT molecular complexity index is 312. The van der Waals surface area contributed by atoms with E-state index in [0.29, 0.717) is 6.61 Å². The molecule has 0 radical (unpaired) electrons. The van der Waals surface area contributed by atoms with Crippen LogP contribution in [0, 0.1) is 19.3 Å². The molecule has 1 aromatic rings. The Kier molecular flexibility index (Phi) is 3.19. The van der Waals surface area contributed by atoms with Gasteiger partial charge in [0.25, 0.3) is 0 Å². The predicted octanol–water partition coefficient (Wildman–Crippen LogP) is 2.77. The minimum Gasteiger partial charge on any atom is -0.480 e. The topological polar surface area (TPSA) is 9.23 Å². The summed E-state index contributed by atoms with van der Waals surface area (Å²) in [6.45, 7) is 2.32. The van der Waals surface area contributed by atoms with Crippen molar-refractivity contribution in [2.75, 3.05) is 6.61 Å². The van der Waals surface area contributed by atoms with Crippen molar-refractivity contribution in [3.8, 4) is 18.1 Å². The van der Waals surface area contributed by atoms with Crippen LogP contribution in [0.3, 0.4) is 0 Å². The average Bonchev–Trinajstić information content (AvgIpc) is 2.07. The molecule has 1 aromatic carbocycles. The summed E-state index contributed by atoms with van der Waals surface area (Å²) in [5.74, 6) is 3.22. The van der Waals surface area contributed by atoms with Gasteiger partial charge in [-0.2, -0.15) is 0 Å². The number of benzene rings is 1. The third-order valence-corrected chi connectivity index (χ3v) is 2.05. The SMILES string of the molecule is C#CCOc1cc(C)ccc1Br. The van der Waals surface area contributed by atoms with Crippen LogP contribution in [0.15, 0.2) is 22.7 Å². The van der Waals surface area contributed by atoms with Gasteiger partial charge in [-0.25, -0.2) is 0 Å². The van der Waals surface area contributed by atoms with E-state index >= 15 is 0 Å². The zero-order valence-electron chi connectivity index (χ0n) is 6.80. The van der Waals surface area contributed by atoms with E-state index in [-0.39, 0.29) is 0 Å². The summed E-state index contributed by atoms with van der Waals surface area (Å²) in [6, 6.07) is 5.90. The zero-order valence-corrected chi connectivity index (χ0v) is 8.39. The van der Waals surface area contributed by atoms with Gasteiger partial charge in [-0.15, -0.1) is 6.42 Å². The van der Waals surface area contributed by atoms with E-state index in [0.717, 1.165) is 15.8 Å². The van der Waals surface area contributed by atoms with Gasteiger partial charge in [0.1, 0.15) is 12.4 Å². The number of ether oxygens (including phenoxy) is 1. The Balaban J connectivity index is 2.84. The molecule has 1 rings (SSSR count). The fraction of sp³-hybridized carbons (Fsp3) is 0.200. The van der Waals surface area contributed by atoms with Gasteiger partial charge in [0, 0.05) is 0 Å². The number of rotatable bonds is 2. The molecular weight excluding hydrogens is 216 g/mol. The van der Waals surface area contributed by atoms with Crippen molar-refractivity contribution >= 4 is 15.9 Å². The Morgan fingerprint density at radius 1 is 1.58 bits per heavy atom. The summed E-state index contributed by atoms with van der Waals surface area (Å²) in [5, 5.41) is 0. The molecule has 12 heavy (non-hydrogen) atoms. The van der Waals surface area contributed by atoms with E-state index in [1.54, 1.807) is 0 Å². The fourth-order valence-corrected chi connectivity index (χ4v) is 1.20. The lowest BCUT2D eigenvalue weighted by molar-refractivity contribution is 0.368. The molecule has 0 fully saturated rings. The Hall–Kier alpha value is -0.940. The Labute approximate surface area is 80.9 Å². The van der Waals surface area contributed by atoms with Crippen LogP contribution in [0.1, 0.15) is 5.56 Å². The number of hydrogen-bond donors (Lipinski definition) is 0. The van der Waals surface area contributed by atoms with Crippen LogP contribution in [0.4, 0.5) is 0 Å². The number of aryl methyl sites for hydroxylation is 1. The lowest BCUT2D eigenvalue weighted by Gasteiger charge is -2.05.